The number of benzene rings is 1. The van der Waals surface area contributed by atoms with Crippen LogP contribution in [-0.4, -0.2) is 72.6 Å². The molecule has 0 bridgehead atoms. The van der Waals surface area contributed by atoms with E-state index in [9.17, 15) is 0 Å². The maximum absolute atomic E-state index is 9.16. The molecule has 2 N–H and O–H groups in total. The number of allylic oxidation sites excluding steroid dienone is 4. The monoisotopic (exact) mass is 436 g/mol. The van der Waals surface area contributed by atoms with Gasteiger partial charge in [-0.25, -0.2) is 4.99 Å². The first-order valence-corrected chi connectivity index (χ1v) is 11.7. The fourth-order valence-electron chi connectivity index (χ4n) is 4.54. The van der Waals surface area contributed by atoms with Crippen LogP contribution < -0.4 is 10.1 Å². The van der Waals surface area contributed by atoms with Crippen LogP contribution in [0, 0.1) is 0 Å². The van der Waals surface area contributed by atoms with Crippen LogP contribution >= 0.6 is 0 Å². The maximum atomic E-state index is 9.16. The molecule has 3 aliphatic heterocycles. The molecule has 0 saturated carbocycles. The molecule has 1 unspecified atom stereocenters. The highest BCUT2D eigenvalue weighted by molar-refractivity contribution is 5.83. The Morgan fingerprint density at radius 2 is 1.94 bits per heavy atom. The number of nitrogens with one attached hydrogen (secondary N) is 1. The summed E-state index contributed by atoms with van der Waals surface area (Å²) >= 11 is 0. The molecular formula is C26H36N4O2. The highest BCUT2D eigenvalue weighted by Gasteiger charge is 2.25. The summed E-state index contributed by atoms with van der Waals surface area (Å²) < 4.78 is 5.77. The number of piperazine rings is 1. The molecule has 3 aliphatic rings. The van der Waals surface area contributed by atoms with E-state index in [1.54, 1.807) is 0 Å². The summed E-state index contributed by atoms with van der Waals surface area (Å²) in [7, 11) is 0. The van der Waals surface area contributed by atoms with E-state index in [-0.39, 0.29) is 12.1 Å². The molecule has 0 aromatic heterocycles. The first-order valence-electron chi connectivity index (χ1n) is 11.7. The highest BCUT2D eigenvalue weighted by atomic mass is 16.5. The fourth-order valence-corrected chi connectivity index (χ4v) is 4.54. The lowest BCUT2D eigenvalue weighted by Gasteiger charge is -2.39. The minimum absolute atomic E-state index is 0.121. The summed E-state index contributed by atoms with van der Waals surface area (Å²) in [4.78, 5) is 9.75. The maximum Gasteiger partial charge on any atom is 0.128 e. The van der Waals surface area contributed by atoms with Crippen LogP contribution in [0.5, 0.6) is 5.75 Å². The predicted octanol–water partition coefficient (Wildman–Crippen LogP) is 3.07. The Kier molecular flexibility index (Phi) is 7.13. The molecule has 0 amide bonds. The van der Waals surface area contributed by atoms with Gasteiger partial charge in [0, 0.05) is 56.9 Å². The molecule has 1 saturated heterocycles. The summed E-state index contributed by atoms with van der Waals surface area (Å²) in [6.45, 7) is 11.9. The molecule has 172 valence electrons. The molecule has 32 heavy (non-hydrogen) atoms. The molecule has 6 nitrogen and oxygen atoms in total. The SMILES string of the molecule is CC(c1ccc2c(c1)OCC2)N1CCN(C2=C/C=C/C=C(/C(C)(C)NCCO)C=N2)CC1. The zero-order valence-electron chi connectivity index (χ0n) is 19.6. The van der Waals surface area contributed by atoms with Gasteiger partial charge in [-0.15, -0.1) is 0 Å². The van der Waals surface area contributed by atoms with E-state index in [1.807, 2.05) is 6.21 Å². The Hall–Kier alpha value is -2.41. The second-order valence-electron chi connectivity index (χ2n) is 9.23. The second kappa shape index (κ2) is 10.0. The molecule has 1 aromatic carbocycles. The van der Waals surface area contributed by atoms with E-state index in [0.717, 1.165) is 56.4 Å². The first-order chi connectivity index (χ1) is 15.5. The summed E-state index contributed by atoms with van der Waals surface area (Å²) in [5, 5.41) is 12.5. The smallest absolute Gasteiger partial charge is 0.128 e. The Bertz CT molecular complexity index is 924. The van der Waals surface area contributed by atoms with Gasteiger partial charge in [-0.1, -0.05) is 30.4 Å². The normalized spacial score (nSPS) is 22.8. The quantitative estimate of drug-likeness (QED) is 0.688. The van der Waals surface area contributed by atoms with Gasteiger partial charge in [0.05, 0.1) is 13.2 Å². The minimum Gasteiger partial charge on any atom is -0.493 e. The van der Waals surface area contributed by atoms with Crippen molar-refractivity contribution in [3.63, 3.8) is 0 Å². The summed E-state index contributed by atoms with van der Waals surface area (Å²) in [5.74, 6) is 2.07. The number of aliphatic hydroxyl groups is 1. The zero-order chi connectivity index (χ0) is 22.6. The van der Waals surface area contributed by atoms with Crippen molar-refractivity contribution in [1.82, 2.24) is 15.1 Å². The number of rotatable bonds is 7. The van der Waals surface area contributed by atoms with Crippen molar-refractivity contribution in [2.45, 2.75) is 38.8 Å². The fraction of sp³-hybridized carbons (Fsp3) is 0.500. The number of aliphatic hydroxyl groups excluding tert-OH is 1. The van der Waals surface area contributed by atoms with Gasteiger partial charge in [0.1, 0.15) is 11.6 Å². The number of ether oxygens (including phenoxy) is 1. The molecule has 0 radical (unpaired) electrons. The van der Waals surface area contributed by atoms with Crippen LogP contribution in [0.15, 0.2) is 58.9 Å². The molecular weight excluding hydrogens is 400 g/mol. The van der Waals surface area contributed by atoms with Gasteiger partial charge in [0.15, 0.2) is 0 Å². The van der Waals surface area contributed by atoms with Crippen molar-refractivity contribution in [3.05, 3.63) is 65.0 Å². The van der Waals surface area contributed by atoms with Gasteiger partial charge in [-0.2, -0.15) is 0 Å². The Morgan fingerprint density at radius 1 is 1.16 bits per heavy atom. The van der Waals surface area contributed by atoms with Crippen LogP contribution in [0.4, 0.5) is 0 Å². The van der Waals surface area contributed by atoms with Gasteiger partial charge in [0.2, 0.25) is 0 Å². The van der Waals surface area contributed by atoms with E-state index < -0.39 is 0 Å². The Labute approximate surface area is 192 Å². The van der Waals surface area contributed by atoms with Crippen molar-refractivity contribution in [2.75, 3.05) is 45.9 Å². The molecule has 1 atom stereocenters. The molecule has 6 heteroatoms. The van der Waals surface area contributed by atoms with Gasteiger partial charge < -0.3 is 20.1 Å². The third kappa shape index (κ3) is 5.14. The number of aliphatic imine (C=N–C) groups is 1. The van der Waals surface area contributed by atoms with Gasteiger partial charge in [-0.05, 0) is 49.6 Å². The molecule has 3 heterocycles. The summed E-state index contributed by atoms with van der Waals surface area (Å²) in [6, 6.07) is 7.09. The van der Waals surface area contributed by atoms with Crippen molar-refractivity contribution in [3.8, 4) is 5.75 Å². The lowest BCUT2D eigenvalue weighted by Crippen LogP contribution is -2.46. The second-order valence-corrected chi connectivity index (χ2v) is 9.23. The van der Waals surface area contributed by atoms with Crippen molar-refractivity contribution < 1.29 is 9.84 Å². The number of fused-ring (bicyclic) bond motifs is 1. The van der Waals surface area contributed by atoms with E-state index in [1.165, 1.54) is 11.1 Å². The van der Waals surface area contributed by atoms with E-state index >= 15 is 0 Å². The molecule has 1 aromatic rings. The average Bonchev–Trinajstić information content (AvgIpc) is 3.25. The average molecular weight is 437 g/mol. The predicted molar refractivity (Wildman–Crippen MR) is 130 cm³/mol. The van der Waals surface area contributed by atoms with Crippen LogP contribution in [-0.2, 0) is 6.42 Å². The van der Waals surface area contributed by atoms with Crippen LogP contribution in [0.25, 0.3) is 0 Å². The lowest BCUT2D eigenvalue weighted by atomic mass is 9.94. The third-order valence-corrected chi connectivity index (χ3v) is 6.76. The third-order valence-electron chi connectivity index (χ3n) is 6.76. The lowest BCUT2D eigenvalue weighted by molar-refractivity contribution is 0.122. The number of hydrogen-bond donors (Lipinski definition) is 2. The van der Waals surface area contributed by atoms with Crippen LogP contribution in [0.3, 0.4) is 0 Å². The molecule has 0 spiro atoms. The van der Waals surface area contributed by atoms with Crippen molar-refractivity contribution >= 4 is 6.21 Å². The number of hydrogen-bond acceptors (Lipinski definition) is 6. The zero-order valence-corrected chi connectivity index (χ0v) is 19.6. The van der Waals surface area contributed by atoms with Crippen molar-refractivity contribution in [1.29, 1.82) is 0 Å². The van der Waals surface area contributed by atoms with E-state index in [0.29, 0.717) is 12.6 Å². The topological polar surface area (TPSA) is 60.3 Å². The van der Waals surface area contributed by atoms with Gasteiger partial charge >= 0.3 is 0 Å². The van der Waals surface area contributed by atoms with Crippen molar-refractivity contribution in [2.24, 2.45) is 4.99 Å². The molecule has 0 aliphatic carbocycles. The largest absolute Gasteiger partial charge is 0.493 e. The Morgan fingerprint density at radius 3 is 2.72 bits per heavy atom. The van der Waals surface area contributed by atoms with Crippen LogP contribution in [0.2, 0.25) is 0 Å². The van der Waals surface area contributed by atoms with E-state index in [2.05, 4.69) is 78.4 Å². The minimum atomic E-state index is -0.257. The standard InChI is InChI=1S/C26H36N4O2/c1-20(22-9-8-21-10-17-32-24(21)18-22)29-12-14-30(15-13-29)25-7-5-4-6-23(19-27-25)26(2,3)28-11-16-31/h4-9,18-20,28,31H,10-17H2,1-3H3/b5-4+,6-4?,7-5?,23-6+,23-19?,25-7?,27-19?,27-25?. The molecule has 4 rings (SSSR count). The number of β-amino-alcohol motifs (C(OH)–C–C–N with tert-alkyl or cyclic N) is 1. The van der Waals surface area contributed by atoms with Crippen LogP contribution in [0.1, 0.15) is 37.9 Å². The Balaban J connectivity index is 1.37. The van der Waals surface area contributed by atoms with Gasteiger partial charge in [0.25, 0.3) is 0 Å². The van der Waals surface area contributed by atoms with E-state index in [4.69, 9.17) is 14.8 Å². The van der Waals surface area contributed by atoms with Gasteiger partial charge in [-0.3, -0.25) is 4.90 Å². The molecule has 1 fully saturated rings. The number of nitrogens with zero attached hydrogens (tertiary/aromatic N) is 3. The highest BCUT2D eigenvalue weighted by Crippen LogP contribution is 2.31. The first kappa shape index (κ1) is 22.8. The summed E-state index contributed by atoms with van der Waals surface area (Å²) in [6.07, 6.45) is 11.3. The summed E-state index contributed by atoms with van der Waals surface area (Å²) in [5.41, 5.74) is 3.50.